The highest BCUT2D eigenvalue weighted by molar-refractivity contribution is 6.13. The Hall–Kier alpha value is -6.02. The van der Waals surface area contributed by atoms with Crippen molar-refractivity contribution in [1.82, 2.24) is 9.91 Å². The molecule has 8 heteroatoms. The number of likely N-dealkylation sites (tertiary alicyclic amines) is 1. The van der Waals surface area contributed by atoms with Crippen molar-refractivity contribution >= 4 is 40.1 Å². The molecule has 2 N–H and O–H groups in total. The molecule has 0 unspecified atom stereocenters. The third-order valence-electron chi connectivity index (χ3n) is 11.9. The lowest BCUT2D eigenvalue weighted by Gasteiger charge is -2.50. The summed E-state index contributed by atoms with van der Waals surface area (Å²) in [4.78, 5) is 60.1. The number of hydrogen-bond acceptors (Lipinski definition) is 6. The van der Waals surface area contributed by atoms with E-state index in [0.29, 0.717) is 28.6 Å². The lowest BCUT2D eigenvalue weighted by molar-refractivity contribution is -0.142. The van der Waals surface area contributed by atoms with Crippen molar-refractivity contribution in [2.75, 3.05) is 5.43 Å². The number of imide groups is 2. The van der Waals surface area contributed by atoms with Crippen LogP contribution >= 0.6 is 0 Å². The molecule has 8 nitrogen and oxygen atoms in total. The Morgan fingerprint density at radius 1 is 0.750 bits per heavy atom. The Morgan fingerprint density at radius 3 is 2.19 bits per heavy atom. The van der Waals surface area contributed by atoms with Crippen molar-refractivity contribution < 1.29 is 24.3 Å². The number of nitrogens with one attached hydrogen (secondary N) is 1. The second kappa shape index (κ2) is 12.0. The summed E-state index contributed by atoms with van der Waals surface area (Å²) in [5, 5.41) is 14.8. The molecule has 2 aliphatic carbocycles. The molecular formula is C44H37N3O5. The van der Waals surface area contributed by atoms with E-state index in [1.54, 1.807) is 0 Å². The summed E-state index contributed by atoms with van der Waals surface area (Å²) in [5.41, 5.74) is 6.14. The highest BCUT2D eigenvalue weighted by atomic mass is 16.3. The van der Waals surface area contributed by atoms with Gasteiger partial charge in [0.2, 0.25) is 11.8 Å². The van der Waals surface area contributed by atoms with Gasteiger partial charge in [-0.25, -0.2) is 0 Å². The first-order chi connectivity index (χ1) is 25.3. The zero-order chi connectivity index (χ0) is 35.7. The Balaban J connectivity index is 1.24. The minimum atomic E-state index is -1.46. The predicted molar refractivity (Wildman–Crippen MR) is 196 cm³/mol. The molecule has 5 aromatic rings. The number of hydrogen-bond donors (Lipinski definition) is 2. The van der Waals surface area contributed by atoms with Crippen LogP contribution in [0.2, 0.25) is 0 Å². The molecule has 2 heterocycles. The van der Waals surface area contributed by atoms with Crippen LogP contribution in [0.25, 0.3) is 10.8 Å². The van der Waals surface area contributed by atoms with E-state index >= 15 is 4.79 Å². The highest BCUT2D eigenvalue weighted by Crippen LogP contribution is 2.65. The standard InChI is InChI=1S/C44H37N3O5/c1-26-16-19-30(20-17-26)45-47-41(50)36-24-35-32(22-23-33-37(35)42(51)46(40(33)49)25-27-10-4-2-5-11-27)38(44(36,43(47)52)29-13-6-3-7-14-29)34-21-18-28-12-8-9-15-31(28)39(34)48/h2-22,33,35-38,45,48H,23-25H2,1H3/t33-,35+,36-,37-,38+,44+/m0/s1. The van der Waals surface area contributed by atoms with E-state index < -0.39 is 46.8 Å². The largest absolute Gasteiger partial charge is 0.507 e. The molecule has 2 aliphatic heterocycles. The van der Waals surface area contributed by atoms with Gasteiger partial charge >= 0.3 is 0 Å². The zero-order valence-corrected chi connectivity index (χ0v) is 28.6. The van der Waals surface area contributed by atoms with Crippen molar-refractivity contribution in [3.63, 3.8) is 0 Å². The third kappa shape index (κ3) is 4.59. The fourth-order valence-corrected chi connectivity index (χ4v) is 9.58. The van der Waals surface area contributed by atoms with Crippen molar-refractivity contribution in [3.05, 3.63) is 155 Å². The fourth-order valence-electron chi connectivity index (χ4n) is 9.58. The Bertz CT molecular complexity index is 2300. The predicted octanol–water partition coefficient (Wildman–Crippen LogP) is 7.04. The number of benzene rings is 5. The summed E-state index contributed by atoms with van der Waals surface area (Å²) in [7, 11) is 0. The monoisotopic (exact) mass is 687 g/mol. The number of allylic oxidation sites excluding steroid dienone is 2. The number of fused-ring (bicyclic) bond motifs is 5. The quantitative estimate of drug-likeness (QED) is 0.147. The Morgan fingerprint density at radius 2 is 1.44 bits per heavy atom. The van der Waals surface area contributed by atoms with Crippen molar-refractivity contribution in [2.45, 2.75) is 37.6 Å². The van der Waals surface area contributed by atoms with Gasteiger partial charge < -0.3 is 5.11 Å². The van der Waals surface area contributed by atoms with Crippen LogP contribution in [0.15, 0.2) is 133 Å². The number of carbonyl (C=O) groups excluding carboxylic acids is 4. The molecule has 1 saturated carbocycles. The molecule has 4 amide bonds. The smallest absolute Gasteiger partial charge is 0.260 e. The third-order valence-corrected chi connectivity index (χ3v) is 11.9. The first-order valence-corrected chi connectivity index (χ1v) is 17.9. The van der Waals surface area contributed by atoms with Gasteiger partial charge in [-0.05, 0) is 54.3 Å². The molecule has 0 bridgehead atoms. The van der Waals surface area contributed by atoms with Crippen LogP contribution in [0.4, 0.5) is 5.69 Å². The molecule has 52 heavy (non-hydrogen) atoms. The van der Waals surface area contributed by atoms with E-state index in [0.717, 1.165) is 27.1 Å². The van der Waals surface area contributed by atoms with E-state index in [1.165, 1.54) is 4.90 Å². The van der Waals surface area contributed by atoms with Crippen LogP contribution in [0.3, 0.4) is 0 Å². The molecule has 6 atom stereocenters. The molecule has 3 fully saturated rings. The van der Waals surface area contributed by atoms with Crippen LogP contribution in [0.1, 0.15) is 41.0 Å². The summed E-state index contributed by atoms with van der Waals surface area (Å²) < 4.78 is 0. The molecule has 0 spiro atoms. The molecule has 0 radical (unpaired) electrons. The summed E-state index contributed by atoms with van der Waals surface area (Å²) in [5.74, 6) is -4.75. The van der Waals surface area contributed by atoms with Crippen LogP contribution in [0.5, 0.6) is 5.75 Å². The number of phenols is 1. The molecule has 258 valence electrons. The van der Waals surface area contributed by atoms with E-state index in [9.17, 15) is 19.5 Å². The second-order valence-electron chi connectivity index (χ2n) is 14.6. The number of aryl methyl sites for hydroxylation is 1. The van der Waals surface area contributed by atoms with E-state index in [2.05, 4.69) is 5.43 Å². The number of amides is 4. The number of rotatable bonds is 6. The number of hydrazine groups is 1. The lowest BCUT2D eigenvalue weighted by Crippen LogP contribution is -2.53. The molecule has 4 aliphatic rings. The number of phenolic OH excluding ortho intramolecular Hbond substituents is 1. The number of nitrogens with zero attached hydrogens (tertiary/aromatic N) is 2. The van der Waals surface area contributed by atoms with Crippen LogP contribution in [0, 0.1) is 30.6 Å². The Labute approximate surface area is 301 Å². The average molecular weight is 688 g/mol. The van der Waals surface area contributed by atoms with E-state index in [1.807, 2.05) is 134 Å². The van der Waals surface area contributed by atoms with Gasteiger partial charge in [-0.3, -0.25) is 29.5 Å². The fraction of sp³-hybridized carbons (Fsp3) is 0.227. The maximum atomic E-state index is 15.4. The molecule has 9 rings (SSSR count). The first-order valence-electron chi connectivity index (χ1n) is 17.9. The normalized spacial score (nSPS) is 26.6. The Kier molecular flexibility index (Phi) is 7.40. The van der Waals surface area contributed by atoms with Crippen LogP contribution in [-0.4, -0.2) is 38.6 Å². The summed E-state index contributed by atoms with van der Waals surface area (Å²) >= 11 is 0. The lowest BCUT2D eigenvalue weighted by atomic mass is 9.49. The minimum Gasteiger partial charge on any atom is -0.507 e. The summed E-state index contributed by atoms with van der Waals surface area (Å²) in [6, 6.07) is 37.6. The van der Waals surface area contributed by atoms with E-state index in [-0.39, 0.29) is 30.5 Å². The maximum Gasteiger partial charge on any atom is 0.260 e. The second-order valence-corrected chi connectivity index (χ2v) is 14.6. The number of aromatic hydroxyl groups is 1. The van der Waals surface area contributed by atoms with Crippen molar-refractivity contribution in [3.8, 4) is 5.75 Å². The number of anilines is 1. The molecule has 5 aromatic carbocycles. The van der Waals surface area contributed by atoms with Crippen LogP contribution < -0.4 is 5.43 Å². The molecule has 0 aromatic heterocycles. The van der Waals surface area contributed by atoms with Gasteiger partial charge in [-0.15, -0.1) is 0 Å². The topological polar surface area (TPSA) is 107 Å². The van der Waals surface area contributed by atoms with Gasteiger partial charge in [-0.1, -0.05) is 126 Å². The van der Waals surface area contributed by atoms with E-state index in [4.69, 9.17) is 0 Å². The summed E-state index contributed by atoms with van der Waals surface area (Å²) in [6.45, 7) is 2.14. The van der Waals surface area contributed by atoms with Gasteiger partial charge in [0.25, 0.3) is 11.8 Å². The van der Waals surface area contributed by atoms with Gasteiger partial charge in [0, 0.05) is 16.9 Å². The van der Waals surface area contributed by atoms with Crippen LogP contribution in [-0.2, 0) is 31.1 Å². The summed E-state index contributed by atoms with van der Waals surface area (Å²) in [6.07, 6.45) is 2.54. The first kappa shape index (κ1) is 31.9. The molecular weight excluding hydrogens is 651 g/mol. The van der Waals surface area contributed by atoms with Crippen molar-refractivity contribution in [1.29, 1.82) is 0 Å². The molecule has 2 saturated heterocycles. The SMILES string of the molecule is Cc1ccc(NN2C(=O)[C@@H]3C[C@@H]4C(=CC[C@@H]5C(=O)N(Cc6ccccc6)C(=O)[C@@H]54)[C@H](c4ccc5ccccc5c4O)[C@]3(c3ccccc3)C2=O)cc1. The van der Waals surface area contributed by atoms with Gasteiger partial charge in [-0.2, -0.15) is 5.01 Å². The van der Waals surface area contributed by atoms with Crippen molar-refractivity contribution in [2.24, 2.45) is 23.7 Å². The van der Waals surface area contributed by atoms with Gasteiger partial charge in [0.05, 0.1) is 35.4 Å². The zero-order valence-electron chi connectivity index (χ0n) is 28.6. The minimum absolute atomic E-state index is 0.0329. The highest BCUT2D eigenvalue weighted by Gasteiger charge is 2.70. The average Bonchev–Trinajstić information content (AvgIpc) is 3.54. The van der Waals surface area contributed by atoms with Gasteiger partial charge in [0.1, 0.15) is 5.75 Å². The van der Waals surface area contributed by atoms with Gasteiger partial charge in [0.15, 0.2) is 0 Å². The maximum absolute atomic E-state index is 15.4. The number of carbonyl (C=O) groups is 4.